The average Bonchev–Trinajstić information content (AvgIpc) is 2.46. The van der Waals surface area contributed by atoms with Crippen LogP contribution in [-0.4, -0.2) is 48.8 Å². The average molecular weight is 251 g/mol. The van der Waals surface area contributed by atoms with Crippen LogP contribution in [0, 0.1) is 0 Å². The fourth-order valence-electron chi connectivity index (χ4n) is 1.87. The minimum absolute atomic E-state index is 0.224. The van der Waals surface area contributed by atoms with E-state index < -0.39 is 5.97 Å². The summed E-state index contributed by atoms with van der Waals surface area (Å²) in [6, 6.07) is 0. The molecule has 1 aliphatic heterocycles. The lowest BCUT2D eigenvalue weighted by Gasteiger charge is -2.33. The van der Waals surface area contributed by atoms with E-state index in [0.29, 0.717) is 6.61 Å². The van der Waals surface area contributed by atoms with Gasteiger partial charge in [-0.25, -0.2) is 14.8 Å². The van der Waals surface area contributed by atoms with Crippen LogP contribution in [0.1, 0.15) is 23.8 Å². The Kier molecular flexibility index (Phi) is 4.09. The highest BCUT2D eigenvalue weighted by Gasteiger charge is 2.20. The van der Waals surface area contributed by atoms with Gasteiger partial charge in [0.25, 0.3) is 0 Å². The summed E-state index contributed by atoms with van der Waals surface area (Å²) in [7, 11) is 1.33. The third-order valence-electron chi connectivity index (χ3n) is 2.95. The number of morpholine rings is 1. The predicted molar refractivity (Wildman–Crippen MR) is 65.6 cm³/mol. The van der Waals surface area contributed by atoms with Gasteiger partial charge in [-0.2, -0.15) is 0 Å². The van der Waals surface area contributed by atoms with Crippen molar-refractivity contribution in [2.24, 2.45) is 0 Å². The summed E-state index contributed by atoms with van der Waals surface area (Å²) in [5, 5.41) is 0. The molecule has 1 atom stereocenters. The summed E-state index contributed by atoms with van der Waals surface area (Å²) in [5.74, 6) is 0.298. The molecule has 0 saturated carbocycles. The predicted octanol–water partition coefficient (Wildman–Crippen LogP) is 0.878. The SMILES string of the molecule is CCC1CN(c2cnc(C(=O)OC)cn2)CCO1. The second kappa shape index (κ2) is 5.77. The number of esters is 1. The summed E-state index contributed by atoms with van der Waals surface area (Å²) in [6.45, 7) is 4.39. The van der Waals surface area contributed by atoms with Crippen LogP contribution in [0.2, 0.25) is 0 Å². The van der Waals surface area contributed by atoms with Crippen molar-refractivity contribution < 1.29 is 14.3 Å². The number of hydrogen-bond acceptors (Lipinski definition) is 6. The molecule has 18 heavy (non-hydrogen) atoms. The van der Waals surface area contributed by atoms with E-state index in [4.69, 9.17) is 4.74 Å². The van der Waals surface area contributed by atoms with Crippen molar-refractivity contribution in [3.05, 3.63) is 18.1 Å². The van der Waals surface area contributed by atoms with E-state index in [2.05, 4.69) is 26.5 Å². The zero-order valence-electron chi connectivity index (χ0n) is 10.6. The number of carbonyl (C=O) groups is 1. The number of aromatic nitrogens is 2. The fraction of sp³-hybridized carbons (Fsp3) is 0.583. The number of anilines is 1. The van der Waals surface area contributed by atoms with Gasteiger partial charge in [-0.15, -0.1) is 0 Å². The summed E-state index contributed by atoms with van der Waals surface area (Å²) < 4.78 is 10.2. The minimum Gasteiger partial charge on any atom is -0.464 e. The molecule has 0 radical (unpaired) electrons. The summed E-state index contributed by atoms with van der Waals surface area (Å²) in [5.41, 5.74) is 0.224. The van der Waals surface area contributed by atoms with E-state index in [1.165, 1.54) is 13.3 Å². The second-order valence-corrected chi connectivity index (χ2v) is 4.10. The molecular formula is C12H17N3O3. The first-order chi connectivity index (χ1) is 8.74. The van der Waals surface area contributed by atoms with Crippen LogP contribution in [0.5, 0.6) is 0 Å². The molecule has 0 spiro atoms. The van der Waals surface area contributed by atoms with Gasteiger partial charge in [0, 0.05) is 13.1 Å². The van der Waals surface area contributed by atoms with E-state index in [0.717, 1.165) is 25.3 Å². The largest absolute Gasteiger partial charge is 0.464 e. The van der Waals surface area contributed by atoms with Crippen molar-refractivity contribution in [2.45, 2.75) is 19.4 Å². The molecule has 1 saturated heterocycles. The maximum Gasteiger partial charge on any atom is 0.358 e. The van der Waals surface area contributed by atoms with Crippen LogP contribution in [-0.2, 0) is 9.47 Å². The van der Waals surface area contributed by atoms with Crippen LogP contribution in [0.3, 0.4) is 0 Å². The lowest BCUT2D eigenvalue weighted by molar-refractivity contribution is 0.0381. The smallest absolute Gasteiger partial charge is 0.358 e. The lowest BCUT2D eigenvalue weighted by Crippen LogP contribution is -2.42. The monoisotopic (exact) mass is 251 g/mol. The van der Waals surface area contributed by atoms with Crippen molar-refractivity contribution in [1.82, 2.24) is 9.97 Å². The summed E-state index contributed by atoms with van der Waals surface area (Å²) >= 11 is 0. The highest BCUT2D eigenvalue weighted by molar-refractivity contribution is 5.86. The van der Waals surface area contributed by atoms with Crippen molar-refractivity contribution in [3.63, 3.8) is 0 Å². The molecule has 0 bridgehead atoms. The van der Waals surface area contributed by atoms with E-state index in [-0.39, 0.29) is 11.8 Å². The number of methoxy groups -OCH3 is 1. The minimum atomic E-state index is -0.470. The van der Waals surface area contributed by atoms with E-state index in [1.807, 2.05) is 0 Å². The second-order valence-electron chi connectivity index (χ2n) is 4.10. The highest BCUT2D eigenvalue weighted by atomic mass is 16.5. The molecule has 1 fully saturated rings. The molecule has 2 rings (SSSR count). The van der Waals surface area contributed by atoms with Crippen LogP contribution in [0.25, 0.3) is 0 Å². The molecule has 1 aliphatic rings. The molecule has 2 heterocycles. The molecule has 0 N–H and O–H groups in total. The van der Waals surface area contributed by atoms with Gasteiger partial charge < -0.3 is 14.4 Å². The summed E-state index contributed by atoms with van der Waals surface area (Å²) in [6.07, 6.45) is 4.26. The Morgan fingerprint density at radius 3 is 3.00 bits per heavy atom. The van der Waals surface area contributed by atoms with E-state index in [9.17, 15) is 4.79 Å². The molecule has 0 aliphatic carbocycles. The molecule has 1 unspecified atom stereocenters. The first-order valence-corrected chi connectivity index (χ1v) is 6.01. The third-order valence-corrected chi connectivity index (χ3v) is 2.95. The Morgan fingerprint density at radius 2 is 2.39 bits per heavy atom. The number of ether oxygens (including phenoxy) is 2. The fourth-order valence-corrected chi connectivity index (χ4v) is 1.87. The Hall–Kier alpha value is -1.69. The number of carbonyl (C=O) groups excluding carboxylic acids is 1. The third kappa shape index (κ3) is 2.76. The zero-order chi connectivity index (χ0) is 13.0. The molecule has 98 valence electrons. The van der Waals surface area contributed by atoms with Gasteiger partial charge in [-0.05, 0) is 6.42 Å². The van der Waals surface area contributed by atoms with Crippen molar-refractivity contribution in [1.29, 1.82) is 0 Å². The van der Waals surface area contributed by atoms with Gasteiger partial charge >= 0.3 is 5.97 Å². The molecular weight excluding hydrogens is 234 g/mol. The van der Waals surface area contributed by atoms with Crippen LogP contribution >= 0.6 is 0 Å². The maximum absolute atomic E-state index is 11.2. The first kappa shape index (κ1) is 12.8. The molecule has 1 aromatic rings. The molecule has 6 nitrogen and oxygen atoms in total. The van der Waals surface area contributed by atoms with Gasteiger partial charge in [0.15, 0.2) is 5.69 Å². The highest BCUT2D eigenvalue weighted by Crippen LogP contribution is 2.15. The standard InChI is InChI=1S/C12H17N3O3/c1-3-9-8-15(4-5-18-9)11-7-13-10(6-14-11)12(16)17-2/h6-7,9H,3-5,8H2,1-2H3. The van der Waals surface area contributed by atoms with Crippen LogP contribution in [0.4, 0.5) is 5.82 Å². The van der Waals surface area contributed by atoms with Gasteiger partial charge in [0.1, 0.15) is 5.82 Å². The van der Waals surface area contributed by atoms with Gasteiger partial charge in [0.05, 0.1) is 32.2 Å². The van der Waals surface area contributed by atoms with Crippen molar-refractivity contribution in [3.8, 4) is 0 Å². The number of hydrogen-bond donors (Lipinski definition) is 0. The van der Waals surface area contributed by atoms with Gasteiger partial charge in [-0.3, -0.25) is 0 Å². The van der Waals surface area contributed by atoms with Crippen LogP contribution in [0.15, 0.2) is 12.4 Å². The normalized spacial score (nSPS) is 19.7. The zero-order valence-corrected chi connectivity index (χ0v) is 10.6. The molecule has 0 aromatic carbocycles. The lowest BCUT2D eigenvalue weighted by atomic mass is 10.2. The van der Waals surface area contributed by atoms with E-state index in [1.54, 1.807) is 6.20 Å². The number of nitrogens with zero attached hydrogens (tertiary/aromatic N) is 3. The molecule has 6 heteroatoms. The Bertz CT molecular complexity index is 408. The van der Waals surface area contributed by atoms with Gasteiger partial charge in [-0.1, -0.05) is 6.92 Å². The topological polar surface area (TPSA) is 64.6 Å². The first-order valence-electron chi connectivity index (χ1n) is 6.01. The van der Waals surface area contributed by atoms with E-state index >= 15 is 0 Å². The number of rotatable bonds is 3. The molecule has 1 aromatic heterocycles. The summed E-state index contributed by atoms with van der Waals surface area (Å²) in [4.78, 5) is 21.7. The van der Waals surface area contributed by atoms with Gasteiger partial charge in [0.2, 0.25) is 0 Å². The Labute approximate surface area is 106 Å². The van der Waals surface area contributed by atoms with Crippen LogP contribution < -0.4 is 4.90 Å². The Balaban J connectivity index is 2.07. The molecule has 0 amide bonds. The maximum atomic E-state index is 11.2. The van der Waals surface area contributed by atoms with Crippen molar-refractivity contribution >= 4 is 11.8 Å². The Morgan fingerprint density at radius 1 is 1.56 bits per heavy atom. The van der Waals surface area contributed by atoms with Crippen molar-refractivity contribution in [2.75, 3.05) is 31.7 Å². The quantitative estimate of drug-likeness (QED) is 0.743.